The molecule has 0 spiro atoms. The van der Waals surface area contributed by atoms with E-state index in [4.69, 9.17) is 14.7 Å². The zero-order valence-electron chi connectivity index (χ0n) is 18.6. The number of hydrogen-bond donors (Lipinski definition) is 2. The van der Waals surface area contributed by atoms with E-state index >= 15 is 0 Å². The molecule has 4 unspecified atom stereocenters. The molecule has 2 aliphatic rings. The van der Waals surface area contributed by atoms with E-state index in [0.717, 1.165) is 30.6 Å². The fourth-order valence-electron chi connectivity index (χ4n) is 5.01. The number of aromatic hydroxyl groups is 2. The Morgan fingerprint density at radius 3 is 2.24 bits per heavy atom. The average molecular weight is 441 g/mol. The minimum atomic E-state index is -0.760. The lowest BCUT2D eigenvalue weighted by molar-refractivity contribution is -0.0549. The van der Waals surface area contributed by atoms with Crippen molar-refractivity contribution in [3.63, 3.8) is 0 Å². The SMILES string of the molecule is CC1CCC2(/N=C/c3ccccc3O)Oc3ccccc3C(N=Cc3ccccc3O)C2C1. The number of phenols is 2. The number of benzene rings is 3. The van der Waals surface area contributed by atoms with E-state index < -0.39 is 5.72 Å². The van der Waals surface area contributed by atoms with Crippen LogP contribution in [0.4, 0.5) is 0 Å². The molecular formula is C28H28N2O3. The van der Waals surface area contributed by atoms with Crippen LogP contribution >= 0.6 is 0 Å². The van der Waals surface area contributed by atoms with Gasteiger partial charge in [0.05, 0.1) is 6.04 Å². The summed E-state index contributed by atoms with van der Waals surface area (Å²) in [4.78, 5) is 10.00. The Morgan fingerprint density at radius 2 is 1.52 bits per heavy atom. The first-order chi connectivity index (χ1) is 16.1. The highest BCUT2D eigenvalue weighted by Gasteiger charge is 2.52. The number of nitrogens with zero attached hydrogens (tertiary/aromatic N) is 2. The van der Waals surface area contributed by atoms with Crippen LogP contribution in [0.5, 0.6) is 17.2 Å². The van der Waals surface area contributed by atoms with Crippen molar-refractivity contribution in [1.29, 1.82) is 0 Å². The highest BCUT2D eigenvalue weighted by Crippen LogP contribution is 2.53. The van der Waals surface area contributed by atoms with Crippen LogP contribution in [-0.4, -0.2) is 28.4 Å². The van der Waals surface area contributed by atoms with E-state index in [-0.39, 0.29) is 23.5 Å². The maximum Gasteiger partial charge on any atom is 0.205 e. The molecule has 2 N–H and O–H groups in total. The first-order valence-electron chi connectivity index (χ1n) is 11.5. The fraction of sp³-hybridized carbons (Fsp3) is 0.286. The first-order valence-corrected chi connectivity index (χ1v) is 11.5. The Labute approximate surface area is 194 Å². The summed E-state index contributed by atoms with van der Waals surface area (Å²) >= 11 is 0. The van der Waals surface area contributed by atoms with Crippen molar-refractivity contribution in [2.45, 2.75) is 38.0 Å². The molecule has 0 radical (unpaired) electrons. The largest absolute Gasteiger partial charge is 0.507 e. The predicted molar refractivity (Wildman–Crippen MR) is 130 cm³/mol. The average Bonchev–Trinajstić information content (AvgIpc) is 2.83. The summed E-state index contributed by atoms with van der Waals surface area (Å²) in [6.07, 6.45) is 6.21. The zero-order valence-corrected chi connectivity index (χ0v) is 18.6. The molecule has 0 amide bonds. The van der Waals surface area contributed by atoms with Gasteiger partial charge >= 0.3 is 0 Å². The number of para-hydroxylation sites is 3. The van der Waals surface area contributed by atoms with Gasteiger partial charge in [-0.05, 0) is 49.1 Å². The summed E-state index contributed by atoms with van der Waals surface area (Å²) in [5, 5.41) is 20.5. The molecule has 5 heteroatoms. The summed E-state index contributed by atoms with van der Waals surface area (Å²) in [6, 6.07) is 22.3. The van der Waals surface area contributed by atoms with Gasteiger partial charge in [0.25, 0.3) is 0 Å². The van der Waals surface area contributed by atoms with Crippen molar-refractivity contribution in [3.05, 3.63) is 89.5 Å². The van der Waals surface area contributed by atoms with E-state index in [9.17, 15) is 10.2 Å². The van der Waals surface area contributed by atoms with Crippen LogP contribution in [0.15, 0.2) is 82.8 Å². The van der Waals surface area contributed by atoms with Gasteiger partial charge in [-0.1, -0.05) is 49.4 Å². The van der Waals surface area contributed by atoms with Crippen molar-refractivity contribution < 1.29 is 14.9 Å². The van der Waals surface area contributed by atoms with Gasteiger partial charge in [-0.3, -0.25) is 4.99 Å². The molecule has 5 rings (SSSR count). The molecule has 3 aromatic carbocycles. The highest BCUT2D eigenvalue weighted by atomic mass is 16.5. The van der Waals surface area contributed by atoms with E-state index in [1.807, 2.05) is 42.5 Å². The van der Waals surface area contributed by atoms with Crippen LogP contribution in [0.3, 0.4) is 0 Å². The first kappa shape index (κ1) is 21.3. The summed E-state index contributed by atoms with van der Waals surface area (Å²) in [5.41, 5.74) is 1.63. The van der Waals surface area contributed by atoms with Crippen LogP contribution in [0.25, 0.3) is 0 Å². The van der Waals surface area contributed by atoms with Crippen LogP contribution in [-0.2, 0) is 0 Å². The van der Waals surface area contributed by atoms with E-state index in [1.54, 1.807) is 36.7 Å². The van der Waals surface area contributed by atoms with Gasteiger partial charge in [-0.2, -0.15) is 0 Å². The Morgan fingerprint density at radius 1 is 0.879 bits per heavy atom. The lowest BCUT2D eigenvalue weighted by Gasteiger charge is -2.49. The van der Waals surface area contributed by atoms with Crippen molar-refractivity contribution in [2.75, 3.05) is 0 Å². The molecule has 1 saturated carbocycles. The smallest absolute Gasteiger partial charge is 0.205 e. The summed E-state index contributed by atoms with van der Waals surface area (Å²) in [7, 11) is 0. The maximum atomic E-state index is 10.2. The Balaban J connectivity index is 1.59. The molecule has 4 atom stereocenters. The molecule has 33 heavy (non-hydrogen) atoms. The van der Waals surface area contributed by atoms with Gasteiger partial charge in [0.15, 0.2) is 0 Å². The molecule has 5 nitrogen and oxygen atoms in total. The van der Waals surface area contributed by atoms with Crippen LogP contribution in [0.1, 0.15) is 48.9 Å². The summed E-state index contributed by atoms with van der Waals surface area (Å²) in [6.45, 7) is 2.26. The summed E-state index contributed by atoms with van der Waals surface area (Å²) < 4.78 is 6.64. The van der Waals surface area contributed by atoms with Gasteiger partial charge in [-0.15, -0.1) is 0 Å². The molecule has 1 fully saturated rings. The molecule has 0 saturated heterocycles. The van der Waals surface area contributed by atoms with Crippen LogP contribution in [0.2, 0.25) is 0 Å². The number of fused-ring (bicyclic) bond motifs is 2. The topological polar surface area (TPSA) is 74.4 Å². The van der Waals surface area contributed by atoms with Crippen LogP contribution in [0, 0.1) is 11.8 Å². The third kappa shape index (κ3) is 4.11. The number of aliphatic imine (C=N–C) groups is 2. The normalized spacial score (nSPS) is 26.6. The number of rotatable bonds is 4. The van der Waals surface area contributed by atoms with Gasteiger partial charge in [0.2, 0.25) is 5.72 Å². The van der Waals surface area contributed by atoms with Crippen molar-refractivity contribution in [3.8, 4) is 17.2 Å². The third-order valence-electron chi connectivity index (χ3n) is 6.81. The van der Waals surface area contributed by atoms with Gasteiger partial charge in [-0.25, -0.2) is 4.99 Å². The maximum absolute atomic E-state index is 10.2. The minimum absolute atomic E-state index is 0.0281. The number of hydrogen-bond acceptors (Lipinski definition) is 5. The third-order valence-corrected chi connectivity index (χ3v) is 6.81. The zero-order chi connectivity index (χ0) is 22.8. The lowest BCUT2D eigenvalue weighted by Crippen LogP contribution is -2.51. The second-order valence-electron chi connectivity index (χ2n) is 9.07. The van der Waals surface area contributed by atoms with Gasteiger partial charge in [0, 0.05) is 41.5 Å². The summed E-state index contributed by atoms with van der Waals surface area (Å²) in [5.74, 6) is 1.75. The second-order valence-corrected chi connectivity index (χ2v) is 9.07. The molecule has 0 bridgehead atoms. The van der Waals surface area contributed by atoms with E-state index in [2.05, 4.69) is 13.0 Å². The Hall–Kier alpha value is -3.60. The molecule has 1 heterocycles. The molecular weight excluding hydrogens is 412 g/mol. The second kappa shape index (κ2) is 8.74. The number of phenolic OH excluding ortho intramolecular Hbond substituents is 2. The Bertz CT molecular complexity index is 1210. The molecule has 1 aliphatic heterocycles. The van der Waals surface area contributed by atoms with Gasteiger partial charge < -0.3 is 14.9 Å². The van der Waals surface area contributed by atoms with Gasteiger partial charge in [0.1, 0.15) is 17.2 Å². The lowest BCUT2D eigenvalue weighted by atomic mass is 9.69. The van der Waals surface area contributed by atoms with Crippen molar-refractivity contribution in [1.82, 2.24) is 0 Å². The highest BCUT2D eigenvalue weighted by molar-refractivity contribution is 5.84. The Kier molecular flexibility index (Phi) is 5.63. The molecule has 3 aromatic rings. The quantitative estimate of drug-likeness (QED) is 0.496. The van der Waals surface area contributed by atoms with Crippen LogP contribution < -0.4 is 4.74 Å². The standard InChI is InChI=1S/C28H28N2O3/c1-19-14-15-28(30-18-21-9-3-6-12-25(21)32)23(16-19)27(22-10-4-7-13-26(22)33-28)29-17-20-8-2-5-11-24(20)31/h2-13,17-19,23,27,31-32H,14-16H2,1H3/b29-17?,30-18+. The van der Waals surface area contributed by atoms with Crippen molar-refractivity contribution in [2.24, 2.45) is 21.8 Å². The minimum Gasteiger partial charge on any atom is -0.507 e. The monoisotopic (exact) mass is 440 g/mol. The number of ether oxygens (including phenoxy) is 1. The molecule has 0 aromatic heterocycles. The van der Waals surface area contributed by atoms with Crippen molar-refractivity contribution >= 4 is 12.4 Å². The molecule has 168 valence electrons. The van der Waals surface area contributed by atoms with E-state index in [1.165, 1.54) is 0 Å². The predicted octanol–water partition coefficient (Wildman–Crippen LogP) is 5.90. The fourth-order valence-corrected chi connectivity index (χ4v) is 5.01. The van der Waals surface area contributed by atoms with E-state index in [0.29, 0.717) is 17.0 Å². The molecule has 1 aliphatic carbocycles.